The Morgan fingerprint density at radius 3 is 2.57 bits per heavy atom. The van der Waals surface area contributed by atoms with E-state index in [1.165, 1.54) is 0 Å². The van der Waals surface area contributed by atoms with Gasteiger partial charge in [-0.3, -0.25) is 0 Å². The molecule has 0 unspecified atom stereocenters. The van der Waals surface area contributed by atoms with Gasteiger partial charge in [-0.25, -0.2) is 0 Å². The minimum Gasteiger partial charge on any atom is -0.493 e. The Morgan fingerprint density at radius 2 is 1.87 bits per heavy atom. The van der Waals surface area contributed by atoms with Gasteiger partial charge in [0.05, 0.1) is 26.7 Å². The van der Waals surface area contributed by atoms with E-state index in [9.17, 15) is 0 Å². The van der Waals surface area contributed by atoms with Crippen LogP contribution in [-0.4, -0.2) is 39.6 Å². The molecular formula is C24H24O6. The highest BCUT2D eigenvalue weighted by Gasteiger charge is 2.63. The predicted molar refractivity (Wildman–Crippen MR) is 109 cm³/mol. The van der Waals surface area contributed by atoms with E-state index in [-0.39, 0.29) is 18.1 Å². The van der Waals surface area contributed by atoms with Crippen LogP contribution < -0.4 is 23.7 Å². The maximum atomic E-state index is 6.58. The molecule has 0 aromatic heterocycles. The summed E-state index contributed by atoms with van der Waals surface area (Å²) >= 11 is 0. The number of hydrogen-bond acceptors (Lipinski definition) is 6. The number of ether oxygens (including phenoxy) is 6. The van der Waals surface area contributed by atoms with E-state index in [0.29, 0.717) is 24.7 Å². The first-order chi connectivity index (χ1) is 14.6. The summed E-state index contributed by atoms with van der Waals surface area (Å²) < 4.78 is 35.9. The van der Waals surface area contributed by atoms with Crippen molar-refractivity contribution in [2.24, 2.45) is 0 Å². The molecule has 0 aliphatic carbocycles. The SMILES string of the molecule is C=C(C)[C@H]1Cc2c(ccc3c2O[C@@H]2COc4cc(OC)c(OC)cc4[C@@H]2[C@@]32CO2)O1. The molecule has 6 nitrogen and oxygen atoms in total. The van der Waals surface area contributed by atoms with Crippen molar-refractivity contribution >= 4 is 0 Å². The number of rotatable bonds is 3. The number of fused-ring (bicyclic) bond motifs is 8. The van der Waals surface area contributed by atoms with E-state index in [1.54, 1.807) is 14.2 Å². The van der Waals surface area contributed by atoms with Crippen molar-refractivity contribution in [3.8, 4) is 28.7 Å². The second kappa shape index (κ2) is 6.08. The lowest BCUT2D eigenvalue weighted by Gasteiger charge is -2.42. The molecule has 1 spiro atoms. The molecule has 2 aromatic carbocycles. The smallest absolute Gasteiger partial charge is 0.164 e. The first-order valence-electron chi connectivity index (χ1n) is 10.2. The molecule has 0 bridgehead atoms. The molecule has 0 saturated carbocycles. The zero-order chi connectivity index (χ0) is 20.6. The maximum Gasteiger partial charge on any atom is 0.164 e. The van der Waals surface area contributed by atoms with E-state index in [1.807, 2.05) is 25.1 Å². The molecule has 4 aliphatic rings. The van der Waals surface area contributed by atoms with Crippen molar-refractivity contribution in [3.05, 3.63) is 53.1 Å². The topological polar surface area (TPSA) is 58.7 Å². The summed E-state index contributed by atoms with van der Waals surface area (Å²) in [4.78, 5) is 0. The normalized spacial score (nSPS) is 29.4. The van der Waals surface area contributed by atoms with Crippen LogP contribution in [0.25, 0.3) is 0 Å². The fourth-order valence-corrected chi connectivity index (χ4v) is 5.13. The van der Waals surface area contributed by atoms with Crippen LogP contribution in [0.4, 0.5) is 0 Å². The summed E-state index contributed by atoms with van der Waals surface area (Å²) in [5, 5.41) is 0. The van der Waals surface area contributed by atoms with Crippen molar-refractivity contribution in [2.75, 3.05) is 27.4 Å². The highest BCUT2D eigenvalue weighted by Crippen LogP contribution is 2.62. The third kappa shape index (κ3) is 2.28. The molecule has 4 atom stereocenters. The second-order valence-corrected chi connectivity index (χ2v) is 8.44. The van der Waals surface area contributed by atoms with Crippen molar-refractivity contribution in [1.29, 1.82) is 0 Å². The van der Waals surface area contributed by atoms with Gasteiger partial charge in [-0.1, -0.05) is 6.58 Å². The number of methoxy groups -OCH3 is 2. The standard InChI is InChI=1S/C24H24O6/c1-12(2)17-8-14-16(29-17)6-5-15-23(14)30-21-10-27-18-9-20(26-4)19(25-3)7-13(18)22(21)24(15)11-28-24/h5-7,9,17,21-22H,1,8,10-11H2,2-4H3/t17-,21-,22+,24-/m1/s1. The minimum atomic E-state index is -0.410. The molecular weight excluding hydrogens is 384 g/mol. The number of epoxide rings is 1. The Labute approximate surface area is 175 Å². The van der Waals surface area contributed by atoms with Gasteiger partial charge in [-0.2, -0.15) is 0 Å². The molecule has 2 aromatic rings. The summed E-state index contributed by atoms with van der Waals surface area (Å²) in [6, 6.07) is 8.02. The fourth-order valence-electron chi connectivity index (χ4n) is 5.13. The molecule has 6 rings (SSSR count). The lowest BCUT2D eigenvalue weighted by Crippen LogP contribution is -2.45. The molecule has 4 heterocycles. The largest absolute Gasteiger partial charge is 0.493 e. The molecule has 1 saturated heterocycles. The average Bonchev–Trinajstić information content (AvgIpc) is 3.40. The van der Waals surface area contributed by atoms with Crippen LogP contribution in [0.2, 0.25) is 0 Å². The van der Waals surface area contributed by atoms with Gasteiger partial charge in [-0.05, 0) is 30.7 Å². The number of hydrogen-bond donors (Lipinski definition) is 0. The first kappa shape index (κ1) is 18.0. The van der Waals surface area contributed by atoms with Crippen LogP contribution in [0.5, 0.6) is 28.7 Å². The van der Waals surface area contributed by atoms with Crippen molar-refractivity contribution in [2.45, 2.75) is 37.1 Å². The van der Waals surface area contributed by atoms with Gasteiger partial charge in [0, 0.05) is 29.2 Å². The third-order valence-electron chi connectivity index (χ3n) is 6.73. The van der Waals surface area contributed by atoms with E-state index in [4.69, 9.17) is 28.4 Å². The van der Waals surface area contributed by atoms with Crippen LogP contribution in [0.1, 0.15) is 29.5 Å². The molecule has 4 aliphatic heterocycles. The van der Waals surface area contributed by atoms with Gasteiger partial charge in [0.1, 0.15) is 41.7 Å². The second-order valence-electron chi connectivity index (χ2n) is 8.44. The number of benzene rings is 2. The Bertz CT molecular complexity index is 1070. The van der Waals surface area contributed by atoms with Gasteiger partial charge in [0.15, 0.2) is 11.5 Å². The summed E-state index contributed by atoms with van der Waals surface area (Å²) in [6.07, 6.45) is 0.606. The van der Waals surface area contributed by atoms with E-state index in [0.717, 1.165) is 45.9 Å². The van der Waals surface area contributed by atoms with Crippen molar-refractivity contribution < 1.29 is 28.4 Å². The Kier molecular flexibility index (Phi) is 3.64. The van der Waals surface area contributed by atoms with Gasteiger partial charge in [0.25, 0.3) is 0 Å². The van der Waals surface area contributed by atoms with E-state index in [2.05, 4.69) is 12.6 Å². The predicted octanol–water partition coefficient (Wildman–Crippen LogP) is 3.75. The Morgan fingerprint density at radius 1 is 1.10 bits per heavy atom. The molecule has 30 heavy (non-hydrogen) atoms. The Balaban J connectivity index is 1.47. The first-order valence-corrected chi connectivity index (χ1v) is 10.2. The van der Waals surface area contributed by atoms with E-state index < -0.39 is 5.60 Å². The molecule has 6 heteroatoms. The van der Waals surface area contributed by atoms with Gasteiger partial charge in [0.2, 0.25) is 0 Å². The van der Waals surface area contributed by atoms with Crippen LogP contribution >= 0.6 is 0 Å². The van der Waals surface area contributed by atoms with Gasteiger partial charge >= 0.3 is 0 Å². The van der Waals surface area contributed by atoms with E-state index >= 15 is 0 Å². The van der Waals surface area contributed by atoms with Crippen molar-refractivity contribution in [3.63, 3.8) is 0 Å². The third-order valence-corrected chi connectivity index (χ3v) is 6.73. The molecule has 1 fully saturated rings. The van der Waals surface area contributed by atoms with Crippen molar-refractivity contribution in [1.82, 2.24) is 0 Å². The van der Waals surface area contributed by atoms with Crippen LogP contribution in [0, 0.1) is 0 Å². The lowest BCUT2D eigenvalue weighted by atomic mass is 9.74. The molecule has 0 N–H and O–H groups in total. The summed E-state index contributed by atoms with van der Waals surface area (Å²) in [6.45, 7) is 7.17. The summed E-state index contributed by atoms with van der Waals surface area (Å²) in [7, 11) is 3.27. The van der Waals surface area contributed by atoms with Crippen LogP contribution in [-0.2, 0) is 16.8 Å². The molecule has 0 amide bonds. The lowest BCUT2D eigenvalue weighted by molar-refractivity contribution is 0.0306. The summed E-state index contributed by atoms with van der Waals surface area (Å²) in [5.74, 6) is 3.91. The summed E-state index contributed by atoms with van der Waals surface area (Å²) in [5.41, 5.74) is 3.83. The molecule has 0 radical (unpaired) electrons. The molecule has 156 valence electrons. The highest BCUT2D eigenvalue weighted by molar-refractivity contribution is 5.61. The zero-order valence-electron chi connectivity index (χ0n) is 17.3. The maximum absolute atomic E-state index is 6.58. The van der Waals surface area contributed by atoms with Crippen LogP contribution in [0.15, 0.2) is 36.4 Å². The average molecular weight is 408 g/mol. The minimum absolute atomic E-state index is 0.0102. The van der Waals surface area contributed by atoms with Gasteiger partial charge < -0.3 is 28.4 Å². The Hall–Kier alpha value is -2.86. The zero-order valence-corrected chi connectivity index (χ0v) is 17.3. The van der Waals surface area contributed by atoms with Gasteiger partial charge in [-0.15, -0.1) is 0 Å². The highest BCUT2D eigenvalue weighted by atomic mass is 16.6. The monoisotopic (exact) mass is 408 g/mol. The van der Waals surface area contributed by atoms with Crippen LogP contribution in [0.3, 0.4) is 0 Å². The quantitative estimate of drug-likeness (QED) is 0.570. The fraction of sp³-hybridized carbons (Fsp3) is 0.417.